The molecule has 158 valence electrons. The summed E-state index contributed by atoms with van der Waals surface area (Å²) in [5.74, 6) is -0.880. The van der Waals surface area contributed by atoms with Crippen LogP contribution in [0.3, 0.4) is 0 Å². The number of fused-ring (bicyclic) bond motifs is 4. The number of hydrogen-bond acceptors (Lipinski definition) is 6. The van der Waals surface area contributed by atoms with Gasteiger partial charge in [-0.25, -0.2) is 15.0 Å². The minimum atomic E-state index is -4.60. The molecule has 31 heavy (non-hydrogen) atoms. The minimum absolute atomic E-state index is 0.131. The fourth-order valence-corrected chi connectivity index (χ4v) is 3.55. The van der Waals surface area contributed by atoms with Crippen LogP contribution < -0.4 is 10.5 Å². The maximum absolute atomic E-state index is 13.4. The molecule has 0 saturated heterocycles. The van der Waals surface area contributed by atoms with Crippen LogP contribution in [-0.4, -0.2) is 43.7 Å². The van der Waals surface area contributed by atoms with E-state index in [1.54, 1.807) is 4.40 Å². The zero-order valence-corrected chi connectivity index (χ0v) is 15.6. The predicted octanol–water partition coefficient (Wildman–Crippen LogP) is 3.08. The van der Waals surface area contributed by atoms with E-state index in [0.29, 0.717) is 21.5 Å². The van der Waals surface area contributed by atoms with E-state index in [1.807, 2.05) is 0 Å². The topological polar surface area (TPSA) is 98.6 Å². The number of likely N-dealkylation sites (N-methyl/N-ethyl adjacent to an activating group) is 1. The Kier molecular flexibility index (Phi) is 3.36. The maximum atomic E-state index is 13.4. The molecule has 1 amide bonds. The zero-order valence-electron chi connectivity index (χ0n) is 18.6. The third-order valence-electron chi connectivity index (χ3n) is 5.11. The fraction of sp³-hybridized carbons (Fsp3) is 0.200. The fourth-order valence-electron chi connectivity index (χ4n) is 3.55. The van der Waals surface area contributed by atoms with E-state index in [1.165, 1.54) is 24.8 Å². The summed E-state index contributed by atoms with van der Waals surface area (Å²) in [7, 11) is 0. The van der Waals surface area contributed by atoms with Crippen molar-refractivity contribution >= 4 is 28.3 Å². The molecule has 1 atom stereocenters. The second kappa shape index (κ2) is 6.56. The number of rotatable bonds is 2. The van der Waals surface area contributed by atoms with Crippen LogP contribution in [0.4, 0.5) is 19.0 Å². The highest BCUT2D eigenvalue weighted by Gasteiger charge is 2.36. The monoisotopic (exact) mass is 431 g/mol. The number of nitrogens with two attached hydrogens (primary N) is 1. The van der Waals surface area contributed by atoms with E-state index in [0.717, 1.165) is 18.2 Å². The van der Waals surface area contributed by atoms with Gasteiger partial charge in [0.15, 0.2) is 0 Å². The normalized spacial score (nSPS) is 17.6. The van der Waals surface area contributed by atoms with Crippen LogP contribution in [0.25, 0.3) is 16.6 Å². The lowest BCUT2D eigenvalue weighted by Gasteiger charge is -2.23. The first-order valence-corrected chi connectivity index (χ1v) is 9.00. The van der Waals surface area contributed by atoms with Gasteiger partial charge in [-0.1, -0.05) is 6.07 Å². The Morgan fingerprint density at radius 2 is 2.16 bits per heavy atom. The predicted molar refractivity (Wildman–Crippen MR) is 104 cm³/mol. The van der Waals surface area contributed by atoms with E-state index < -0.39 is 30.7 Å². The highest BCUT2D eigenvalue weighted by molar-refractivity contribution is 5.96. The summed E-state index contributed by atoms with van der Waals surface area (Å²) in [5.41, 5.74) is 6.18. The van der Waals surface area contributed by atoms with Crippen LogP contribution in [0.1, 0.15) is 31.8 Å². The second-order valence-corrected chi connectivity index (χ2v) is 6.96. The standard InChI is InChI=1S/C20H15F3N6O2/c1-28(16-8-31-17-4-10(20(21,22)23)2-3-11(16)17)19(30)12-5-14-13(6-26-12)27-18(24)15-7-25-9-29(14)15/h2-7,9,16H,8H2,1H3,(H2,24,27)/t16-/m1/s1/i1D3. The van der Waals surface area contributed by atoms with Gasteiger partial charge in [0.2, 0.25) is 0 Å². The number of carbonyl (C=O) groups is 1. The highest BCUT2D eigenvalue weighted by atomic mass is 19.4. The lowest BCUT2D eigenvalue weighted by molar-refractivity contribution is -0.137. The van der Waals surface area contributed by atoms with Gasteiger partial charge in [0, 0.05) is 16.7 Å². The first-order valence-electron chi connectivity index (χ1n) is 10.5. The Labute approximate surface area is 177 Å². The van der Waals surface area contributed by atoms with Crippen molar-refractivity contribution in [1.29, 1.82) is 0 Å². The van der Waals surface area contributed by atoms with Gasteiger partial charge in [-0.05, 0) is 18.2 Å². The summed E-state index contributed by atoms with van der Waals surface area (Å²) in [5, 5.41) is 0. The van der Waals surface area contributed by atoms with Gasteiger partial charge in [0.05, 0.1) is 35.8 Å². The third-order valence-corrected chi connectivity index (χ3v) is 5.11. The summed E-state index contributed by atoms with van der Waals surface area (Å²) in [4.78, 5) is 26.3. The number of carbonyl (C=O) groups excluding carboxylic acids is 1. The van der Waals surface area contributed by atoms with Gasteiger partial charge >= 0.3 is 6.18 Å². The molecule has 0 bridgehead atoms. The molecule has 0 aliphatic carbocycles. The van der Waals surface area contributed by atoms with Crippen molar-refractivity contribution in [2.24, 2.45) is 0 Å². The quantitative estimate of drug-likeness (QED) is 0.524. The van der Waals surface area contributed by atoms with Gasteiger partial charge < -0.3 is 15.4 Å². The number of imidazole rings is 1. The first-order chi connectivity index (χ1) is 15.9. The van der Waals surface area contributed by atoms with E-state index in [4.69, 9.17) is 14.6 Å². The highest BCUT2D eigenvalue weighted by Crippen LogP contribution is 2.40. The molecule has 0 fully saturated rings. The van der Waals surface area contributed by atoms with Crippen molar-refractivity contribution in [3.05, 3.63) is 59.8 Å². The molecule has 0 radical (unpaired) electrons. The van der Waals surface area contributed by atoms with Crippen LogP contribution in [0.2, 0.25) is 0 Å². The molecule has 3 aromatic heterocycles. The number of anilines is 1. The van der Waals surface area contributed by atoms with E-state index in [-0.39, 0.29) is 29.4 Å². The second-order valence-electron chi connectivity index (χ2n) is 6.96. The van der Waals surface area contributed by atoms with Gasteiger partial charge in [-0.3, -0.25) is 9.20 Å². The smallest absolute Gasteiger partial charge is 0.416 e. The van der Waals surface area contributed by atoms with Gasteiger partial charge in [-0.15, -0.1) is 0 Å². The summed E-state index contributed by atoms with van der Waals surface area (Å²) >= 11 is 0. The average Bonchev–Trinajstić information content (AvgIpc) is 3.40. The molecule has 4 aromatic rings. The molecule has 0 unspecified atom stereocenters. The first kappa shape index (κ1) is 15.9. The number of aromatic nitrogens is 4. The van der Waals surface area contributed by atoms with Gasteiger partial charge in [0.25, 0.3) is 5.91 Å². The number of ether oxygens (including phenoxy) is 1. The number of nitrogen functional groups attached to an aromatic ring is 1. The molecule has 2 N–H and O–H groups in total. The number of alkyl halides is 3. The SMILES string of the molecule is [2H]C([2H])([2H])N(C(=O)c1cc2c(cn1)nc(N)c1cncn12)[C@@H]1COc2cc(C(F)(F)F)ccc21. The Balaban J connectivity index is 1.58. The lowest BCUT2D eigenvalue weighted by Crippen LogP contribution is -2.32. The summed E-state index contributed by atoms with van der Waals surface area (Å²) < 4.78 is 69.9. The molecule has 5 rings (SSSR count). The average molecular weight is 431 g/mol. The molecule has 1 aliphatic heterocycles. The number of hydrogen-bond donors (Lipinski definition) is 1. The zero-order chi connectivity index (χ0) is 24.4. The number of halogens is 3. The van der Waals surface area contributed by atoms with Crippen LogP contribution in [0, 0.1) is 0 Å². The number of benzene rings is 1. The lowest BCUT2D eigenvalue weighted by atomic mass is 10.0. The Hall–Kier alpha value is -3.89. The summed E-state index contributed by atoms with van der Waals surface area (Å²) in [6.07, 6.45) is -0.364. The molecule has 1 aromatic carbocycles. The van der Waals surface area contributed by atoms with Crippen molar-refractivity contribution in [3.63, 3.8) is 0 Å². The number of amides is 1. The molecular weight excluding hydrogens is 413 g/mol. The van der Waals surface area contributed by atoms with E-state index >= 15 is 0 Å². The Morgan fingerprint density at radius 1 is 1.32 bits per heavy atom. The Morgan fingerprint density at radius 3 is 2.94 bits per heavy atom. The van der Waals surface area contributed by atoms with Crippen LogP contribution in [0.15, 0.2) is 43.0 Å². The Bertz CT molecular complexity index is 1450. The molecule has 4 heterocycles. The van der Waals surface area contributed by atoms with Gasteiger partial charge in [0.1, 0.15) is 34.9 Å². The van der Waals surface area contributed by atoms with Crippen LogP contribution in [0.5, 0.6) is 5.75 Å². The molecular formula is C20H15F3N6O2. The summed E-state index contributed by atoms with van der Waals surface area (Å²) in [6.45, 7) is -3.26. The summed E-state index contributed by atoms with van der Waals surface area (Å²) in [6, 6.07) is 2.95. The number of pyridine rings is 1. The van der Waals surface area contributed by atoms with Crippen molar-refractivity contribution < 1.29 is 26.8 Å². The minimum Gasteiger partial charge on any atom is -0.491 e. The molecule has 0 spiro atoms. The van der Waals surface area contributed by atoms with Crippen molar-refractivity contribution in [2.75, 3.05) is 19.3 Å². The molecule has 0 saturated carbocycles. The third kappa shape index (κ3) is 3.00. The van der Waals surface area contributed by atoms with Crippen LogP contribution in [-0.2, 0) is 6.18 Å². The van der Waals surface area contributed by atoms with Crippen molar-refractivity contribution in [3.8, 4) is 5.75 Å². The largest absolute Gasteiger partial charge is 0.491 e. The molecule has 11 heteroatoms. The molecule has 1 aliphatic rings. The maximum Gasteiger partial charge on any atom is 0.416 e. The molecule has 8 nitrogen and oxygen atoms in total. The number of nitrogens with zero attached hydrogens (tertiary/aromatic N) is 5. The van der Waals surface area contributed by atoms with Gasteiger partial charge in [-0.2, -0.15) is 13.2 Å². The van der Waals surface area contributed by atoms with E-state index in [2.05, 4.69) is 15.0 Å². The van der Waals surface area contributed by atoms with Crippen molar-refractivity contribution in [2.45, 2.75) is 12.2 Å². The van der Waals surface area contributed by atoms with E-state index in [9.17, 15) is 18.0 Å². The van der Waals surface area contributed by atoms with Crippen LogP contribution >= 0.6 is 0 Å². The van der Waals surface area contributed by atoms with Crippen molar-refractivity contribution in [1.82, 2.24) is 24.3 Å².